The summed E-state index contributed by atoms with van der Waals surface area (Å²) in [5, 5.41) is 3.53. The van der Waals surface area contributed by atoms with E-state index in [-0.39, 0.29) is 43.4 Å². The molecule has 220 valence electrons. The lowest BCUT2D eigenvalue weighted by Crippen LogP contribution is -2.50. The number of carbonyl (C=O) groups excluding carboxylic acids is 2. The van der Waals surface area contributed by atoms with Crippen LogP contribution in [0.3, 0.4) is 0 Å². The molecule has 0 unspecified atom stereocenters. The first-order chi connectivity index (χ1) is 19.6. The van der Waals surface area contributed by atoms with Crippen LogP contribution in [0.4, 0.5) is 10.1 Å². The Balaban J connectivity index is 1.87. The predicted octanol–water partition coefficient (Wildman–Crippen LogP) is 5.58. The van der Waals surface area contributed by atoms with Crippen LogP contribution in [0.2, 0.25) is 5.02 Å². The van der Waals surface area contributed by atoms with Crippen molar-refractivity contribution in [2.45, 2.75) is 51.6 Å². The van der Waals surface area contributed by atoms with Crippen molar-refractivity contribution in [2.24, 2.45) is 0 Å². The van der Waals surface area contributed by atoms with E-state index < -0.39 is 21.9 Å². The zero-order chi connectivity index (χ0) is 29.8. The number of anilines is 1. The molecule has 1 atom stereocenters. The minimum Gasteiger partial charge on any atom is -0.354 e. The summed E-state index contributed by atoms with van der Waals surface area (Å²) in [4.78, 5) is 28.8. The lowest BCUT2D eigenvalue weighted by Gasteiger charge is -2.32. The molecule has 0 saturated heterocycles. The van der Waals surface area contributed by atoms with Gasteiger partial charge in [-0.05, 0) is 48.2 Å². The first kappa shape index (κ1) is 32.1. The summed E-state index contributed by atoms with van der Waals surface area (Å²) < 4.78 is 40.4. The second kappa shape index (κ2) is 15.5. The Hall–Kier alpha value is -3.43. The molecule has 0 bridgehead atoms. The Bertz CT molecular complexity index is 1390. The monoisotopic (exact) mass is 601 g/mol. The van der Waals surface area contributed by atoms with Crippen molar-refractivity contribution in [1.29, 1.82) is 0 Å². The lowest BCUT2D eigenvalue weighted by atomic mass is 10.0. The highest BCUT2D eigenvalue weighted by Gasteiger charge is 2.30. The number of amides is 2. The van der Waals surface area contributed by atoms with Crippen LogP contribution in [0.25, 0.3) is 0 Å². The Morgan fingerprint density at radius 1 is 0.927 bits per heavy atom. The normalized spacial score (nSPS) is 12.0. The van der Waals surface area contributed by atoms with Crippen LogP contribution in [0.5, 0.6) is 0 Å². The molecule has 41 heavy (non-hydrogen) atoms. The van der Waals surface area contributed by atoms with Crippen molar-refractivity contribution < 1.29 is 22.4 Å². The third-order valence-electron chi connectivity index (χ3n) is 6.64. The summed E-state index contributed by atoms with van der Waals surface area (Å²) >= 11 is 6.07. The van der Waals surface area contributed by atoms with Crippen LogP contribution in [0.15, 0.2) is 78.9 Å². The molecule has 0 aliphatic heterocycles. The average molecular weight is 602 g/mol. The fourth-order valence-electron chi connectivity index (χ4n) is 4.48. The summed E-state index contributed by atoms with van der Waals surface area (Å²) in [5.41, 5.74) is 1.63. The van der Waals surface area contributed by atoms with Crippen molar-refractivity contribution in [2.75, 3.05) is 23.7 Å². The topological polar surface area (TPSA) is 86.8 Å². The molecule has 0 aliphatic carbocycles. The average Bonchev–Trinajstić information content (AvgIpc) is 2.94. The number of hydrogen-bond donors (Lipinski definition) is 1. The van der Waals surface area contributed by atoms with Gasteiger partial charge in [0, 0.05) is 37.5 Å². The van der Waals surface area contributed by atoms with Gasteiger partial charge in [0.25, 0.3) is 0 Å². The Morgan fingerprint density at radius 2 is 1.59 bits per heavy atom. The minimum absolute atomic E-state index is 0.0401. The summed E-state index contributed by atoms with van der Waals surface area (Å²) in [6.07, 6.45) is 3.13. The number of halogens is 2. The number of hydrogen-bond acceptors (Lipinski definition) is 4. The van der Waals surface area contributed by atoms with E-state index in [4.69, 9.17) is 11.6 Å². The van der Waals surface area contributed by atoms with Gasteiger partial charge in [-0.1, -0.05) is 79.5 Å². The fraction of sp³-hybridized carbons (Fsp3) is 0.355. The minimum atomic E-state index is -3.80. The fourth-order valence-corrected chi connectivity index (χ4v) is 5.58. The second-order valence-electron chi connectivity index (χ2n) is 9.89. The number of benzene rings is 3. The van der Waals surface area contributed by atoms with Gasteiger partial charge in [-0.2, -0.15) is 0 Å². The van der Waals surface area contributed by atoms with Crippen LogP contribution < -0.4 is 9.62 Å². The zero-order valence-electron chi connectivity index (χ0n) is 23.4. The molecule has 0 heterocycles. The molecule has 0 aromatic heterocycles. The van der Waals surface area contributed by atoms with Crippen LogP contribution in [-0.2, 0) is 32.6 Å². The van der Waals surface area contributed by atoms with E-state index in [9.17, 15) is 22.4 Å². The highest BCUT2D eigenvalue weighted by molar-refractivity contribution is 7.92. The molecule has 0 aliphatic rings. The van der Waals surface area contributed by atoms with Crippen LogP contribution >= 0.6 is 11.6 Å². The van der Waals surface area contributed by atoms with Crippen LogP contribution in [0, 0.1) is 5.82 Å². The summed E-state index contributed by atoms with van der Waals surface area (Å²) in [6.45, 7) is 2.60. The molecule has 3 rings (SSSR count). The molecular weight excluding hydrogens is 565 g/mol. The Labute approximate surface area is 247 Å². The van der Waals surface area contributed by atoms with Gasteiger partial charge in [-0.25, -0.2) is 12.8 Å². The molecule has 0 radical (unpaired) electrons. The van der Waals surface area contributed by atoms with E-state index >= 15 is 0 Å². The standard InChI is InChI=1S/C31H37ClFN3O4S/c1-3-4-20-34-31(38)29(22-24-11-6-5-7-12-24)35(23-25-16-18-26(32)19-17-25)30(37)15-10-21-36(41(2,39)40)28-14-9-8-13-27(28)33/h5-9,11-14,16-19,29H,3-4,10,15,20-23H2,1-2H3,(H,34,38)/t29-/m0/s1. The number of sulfonamides is 1. The number of carbonyl (C=O) groups is 2. The molecule has 2 amide bonds. The molecular formula is C31H37ClFN3O4S. The van der Waals surface area contributed by atoms with Crippen molar-refractivity contribution in [3.63, 3.8) is 0 Å². The number of para-hydroxylation sites is 1. The van der Waals surface area contributed by atoms with E-state index in [0.717, 1.165) is 34.5 Å². The van der Waals surface area contributed by atoms with Crippen molar-refractivity contribution in [1.82, 2.24) is 10.2 Å². The third-order valence-corrected chi connectivity index (χ3v) is 8.07. The molecule has 1 N–H and O–H groups in total. The van der Waals surface area contributed by atoms with Gasteiger partial charge in [-0.3, -0.25) is 13.9 Å². The molecule has 7 nitrogen and oxygen atoms in total. The van der Waals surface area contributed by atoms with E-state index in [1.54, 1.807) is 35.2 Å². The largest absolute Gasteiger partial charge is 0.354 e. The third kappa shape index (κ3) is 9.86. The highest BCUT2D eigenvalue weighted by Crippen LogP contribution is 2.23. The Kier molecular flexibility index (Phi) is 12.2. The molecule has 0 fully saturated rings. The second-order valence-corrected chi connectivity index (χ2v) is 12.2. The number of unbranched alkanes of at least 4 members (excludes halogenated alkanes) is 1. The van der Waals surface area contributed by atoms with E-state index in [1.165, 1.54) is 18.2 Å². The van der Waals surface area contributed by atoms with E-state index in [0.29, 0.717) is 18.0 Å². The van der Waals surface area contributed by atoms with Gasteiger partial charge in [0.2, 0.25) is 21.8 Å². The number of rotatable bonds is 15. The first-order valence-corrected chi connectivity index (χ1v) is 15.9. The summed E-state index contributed by atoms with van der Waals surface area (Å²) in [5.74, 6) is -1.23. The van der Waals surface area contributed by atoms with Crippen molar-refractivity contribution in [3.8, 4) is 0 Å². The van der Waals surface area contributed by atoms with E-state index in [1.807, 2.05) is 37.3 Å². The maximum Gasteiger partial charge on any atom is 0.243 e. The quantitative estimate of drug-likeness (QED) is 0.230. The summed E-state index contributed by atoms with van der Waals surface area (Å²) in [6, 6.07) is 21.4. The van der Waals surface area contributed by atoms with Crippen molar-refractivity contribution in [3.05, 3.63) is 101 Å². The van der Waals surface area contributed by atoms with Gasteiger partial charge in [0.1, 0.15) is 11.9 Å². The lowest BCUT2D eigenvalue weighted by molar-refractivity contribution is -0.141. The van der Waals surface area contributed by atoms with E-state index in [2.05, 4.69) is 5.32 Å². The molecule has 10 heteroatoms. The molecule has 0 spiro atoms. The van der Waals surface area contributed by atoms with Crippen LogP contribution in [-0.4, -0.2) is 50.5 Å². The molecule has 0 saturated carbocycles. The maximum atomic E-state index is 14.4. The van der Waals surface area contributed by atoms with Crippen LogP contribution in [0.1, 0.15) is 43.7 Å². The van der Waals surface area contributed by atoms with Crippen molar-refractivity contribution >= 4 is 39.1 Å². The number of nitrogens with zero attached hydrogens (tertiary/aromatic N) is 2. The number of nitrogens with one attached hydrogen (secondary N) is 1. The highest BCUT2D eigenvalue weighted by atomic mass is 35.5. The molecule has 3 aromatic carbocycles. The first-order valence-electron chi connectivity index (χ1n) is 13.7. The Morgan fingerprint density at radius 3 is 2.22 bits per heavy atom. The smallest absolute Gasteiger partial charge is 0.243 e. The zero-order valence-corrected chi connectivity index (χ0v) is 25.0. The van der Waals surface area contributed by atoms with Gasteiger partial charge in [-0.15, -0.1) is 0 Å². The van der Waals surface area contributed by atoms with Gasteiger partial charge in [0.15, 0.2) is 0 Å². The van der Waals surface area contributed by atoms with Gasteiger partial charge in [0.05, 0.1) is 11.9 Å². The maximum absolute atomic E-state index is 14.4. The predicted molar refractivity (Wildman–Crippen MR) is 162 cm³/mol. The SMILES string of the molecule is CCCCNC(=O)[C@H](Cc1ccccc1)N(Cc1ccc(Cl)cc1)C(=O)CCCN(c1ccccc1F)S(C)(=O)=O. The van der Waals surface area contributed by atoms with Gasteiger partial charge < -0.3 is 10.2 Å². The molecule has 3 aromatic rings. The van der Waals surface area contributed by atoms with Gasteiger partial charge >= 0.3 is 0 Å². The summed E-state index contributed by atoms with van der Waals surface area (Å²) in [7, 11) is -3.80.